The Hall–Kier alpha value is -3.41. The largest absolute Gasteiger partial charge is 0.483 e. The number of benzene rings is 2. The molecule has 0 radical (unpaired) electrons. The third-order valence-electron chi connectivity index (χ3n) is 5.09. The Kier molecular flexibility index (Phi) is 5.42. The number of aromatic nitrogens is 2. The molecule has 6 nitrogen and oxygen atoms in total. The minimum absolute atomic E-state index is 0.0432. The van der Waals surface area contributed by atoms with Gasteiger partial charge in [0.15, 0.2) is 6.61 Å². The first-order valence-electron chi connectivity index (χ1n) is 9.77. The lowest BCUT2D eigenvalue weighted by atomic mass is 10.0. The molecule has 1 aliphatic rings. The topological polar surface area (TPSA) is 73.2 Å². The van der Waals surface area contributed by atoms with Gasteiger partial charge in [0, 0.05) is 25.1 Å². The Morgan fingerprint density at radius 1 is 1.24 bits per heavy atom. The van der Waals surface area contributed by atoms with Crippen LogP contribution in [0.2, 0.25) is 0 Å². The van der Waals surface area contributed by atoms with E-state index in [9.17, 15) is 9.59 Å². The number of nitrogens with one attached hydrogen (secondary N) is 1. The van der Waals surface area contributed by atoms with Crippen molar-refractivity contribution in [2.45, 2.75) is 32.4 Å². The van der Waals surface area contributed by atoms with E-state index in [1.165, 1.54) is 0 Å². The molecule has 29 heavy (non-hydrogen) atoms. The molecule has 6 heteroatoms. The van der Waals surface area contributed by atoms with Gasteiger partial charge in [-0.2, -0.15) is 0 Å². The van der Waals surface area contributed by atoms with Gasteiger partial charge in [-0.15, -0.1) is 6.58 Å². The van der Waals surface area contributed by atoms with Crippen molar-refractivity contribution in [2.75, 3.05) is 6.61 Å². The first-order valence-corrected chi connectivity index (χ1v) is 9.77. The highest BCUT2D eigenvalue weighted by Gasteiger charge is 2.20. The molecule has 0 saturated heterocycles. The van der Waals surface area contributed by atoms with E-state index in [-0.39, 0.29) is 18.1 Å². The van der Waals surface area contributed by atoms with Gasteiger partial charge in [-0.05, 0) is 30.5 Å². The summed E-state index contributed by atoms with van der Waals surface area (Å²) in [6.45, 7) is 4.81. The molecule has 0 saturated carbocycles. The smallest absolute Gasteiger partial charge is 0.261 e. The number of hydrogen-bond donors (Lipinski definition) is 1. The van der Waals surface area contributed by atoms with Gasteiger partial charge in [0.2, 0.25) is 0 Å². The maximum atomic E-state index is 13.0. The van der Waals surface area contributed by atoms with Crippen LogP contribution in [-0.2, 0) is 30.7 Å². The fourth-order valence-electron chi connectivity index (χ4n) is 3.69. The van der Waals surface area contributed by atoms with Gasteiger partial charge >= 0.3 is 0 Å². The molecule has 1 N–H and O–H groups in total. The summed E-state index contributed by atoms with van der Waals surface area (Å²) in [4.78, 5) is 29.9. The van der Waals surface area contributed by atoms with Gasteiger partial charge in [0.1, 0.15) is 11.6 Å². The normalized spacial score (nSPS) is 12.6. The van der Waals surface area contributed by atoms with Crippen LogP contribution >= 0.6 is 0 Å². The second-order valence-electron chi connectivity index (χ2n) is 7.07. The summed E-state index contributed by atoms with van der Waals surface area (Å²) in [6.07, 6.45) is 3.95. The van der Waals surface area contributed by atoms with E-state index < -0.39 is 0 Å². The molecule has 1 aromatic heterocycles. The van der Waals surface area contributed by atoms with Crippen LogP contribution in [-0.4, -0.2) is 22.1 Å². The maximum absolute atomic E-state index is 13.0. The molecule has 2 heterocycles. The fraction of sp³-hybridized carbons (Fsp3) is 0.261. The lowest BCUT2D eigenvalue weighted by molar-refractivity contribution is -0.123. The van der Waals surface area contributed by atoms with E-state index in [0.29, 0.717) is 36.2 Å². The highest BCUT2D eigenvalue weighted by atomic mass is 16.5. The van der Waals surface area contributed by atoms with E-state index in [2.05, 4.69) is 16.9 Å². The molecule has 4 rings (SSSR count). The predicted molar refractivity (Wildman–Crippen MR) is 112 cm³/mol. The molecule has 0 bridgehead atoms. The molecule has 0 atom stereocenters. The Morgan fingerprint density at radius 3 is 2.86 bits per heavy atom. The summed E-state index contributed by atoms with van der Waals surface area (Å²) in [7, 11) is 0. The van der Waals surface area contributed by atoms with Crippen LogP contribution in [0.4, 0.5) is 0 Å². The average molecular weight is 389 g/mol. The number of carbonyl (C=O) groups excluding carboxylic acids is 1. The summed E-state index contributed by atoms with van der Waals surface area (Å²) in [5.74, 6) is 1.13. The Labute approximate surface area is 168 Å². The number of aryl methyl sites for hydroxylation is 1. The molecule has 2 aromatic carbocycles. The number of allylic oxidation sites excluding steroid dienone is 1. The number of hydrogen-bond acceptors (Lipinski definition) is 4. The second kappa shape index (κ2) is 8.31. The zero-order valence-electron chi connectivity index (χ0n) is 16.2. The van der Waals surface area contributed by atoms with Crippen molar-refractivity contribution >= 4 is 16.8 Å². The zero-order valence-corrected chi connectivity index (χ0v) is 16.2. The standard InChI is InChI=1S/C23H23N3O3/c1-2-7-17-19(29-15-21(27)24-14-16-8-4-3-5-9-16)12-11-18-22(17)23(28)26-13-6-10-20(26)25-18/h2-5,8-9,11-12H,1,6-7,10,13-15H2,(H,24,27). The van der Waals surface area contributed by atoms with Crippen molar-refractivity contribution in [3.63, 3.8) is 0 Å². The second-order valence-corrected chi connectivity index (χ2v) is 7.07. The molecule has 3 aromatic rings. The van der Waals surface area contributed by atoms with Crippen LogP contribution in [0.25, 0.3) is 10.9 Å². The maximum Gasteiger partial charge on any atom is 0.261 e. The number of rotatable bonds is 7. The number of amides is 1. The first kappa shape index (κ1) is 18.9. The Morgan fingerprint density at radius 2 is 2.07 bits per heavy atom. The summed E-state index contributed by atoms with van der Waals surface area (Å²) in [5.41, 5.74) is 2.37. The molecular formula is C23H23N3O3. The first-order chi connectivity index (χ1) is 14.2. The molecule has 148 valence electrons. The molecule has 0 fully saturated rings. The van der Waals surface area contributed by atoms with Crippen molar-refractivity contribution in [3.05, 3.63) is 82.4 Å². The van der Waals surface area contributed by atoms with Gasteiger partial charge < -0.3 is 10.1 Å². The van der Waals surface area contributed by atoms with E-state index in [4.69, 9.17) is 4.74 Å². The van der Waals surface area contributed by atoms with Crippen molar-refractivity contribution in [2.24, 2.45) is 0 Å². The number of carbonyl (C=O) groups is 1. The van der Waals surface area contributed by atoms with Crippen molar-refractivity contribution < 1.29 is 9.53 Å². The number of fused-ring (bicyclic) bond motifs is 2. The quantitative estimate of drug-likeness (QED) is 0.631. The van der Waals surface area contributed by atoms with Gasteiger partial charge in [-0.1, -0.05) is 36.4 Å². The third kappa shape index (κ3) is 3.92. The van der Waals surface area contributed by atoms with Gasteiger partial charge in [-0.25, -0.2) is 4.98 Å². The monoisotopic (exact) mass is 389 g/mol. The van der Waals surface area contributed by atoms with Crippen LogP contribution in [0.1, 0.15) is 23.4 Å². The van der Waals surface area contributed by atoms with E-state index in [1.807, 2.05) is 30.3 Å². The van der Waals surface area contributed by atoms with E-state index >= 15 is 0 Å². The predicted octanol–water partition coefficient (Wildman–Crippen LogP) is 2.77. The average Bonchev–Trinajstić information content (AvgIpc) is 3.21. The van der Waals surface area contributed by atoms with Gasteiger partial charge in [0.05, 0.1) is 10.9 Å². The molecule has 0 spiro atoms. The van der Waals surface area contributed by atoms with Crippen molar-refractivity contribution in [3.8, 4) is 5.75 Å². The molecular weight excluding hydrogens is 366 g/mol. The van der Waals surface area contributed by atoms with Crippen LogP contribution < -0.4 is 15.6 Å². The Balaban J connectivity index is 1.55. The molecule has 0 unspecified atom stereocenters. The van der Waals surface area contributed by atoms with Gasteiger partial charge in [0.25, 0.3) is 11.5 Å². The molecule has 0 aliphatic carbocycles. The zero-order chi connectivity index (χ0) is 20.2. The summed E-state index contributed by atoms with van der Waals surface area (Å²) >= 11 is 0. The lowest BCUT2D eigenvalue weighted by Gasteiger charge is -2.14. The van der Waals surface area contributed by atoms with Crippen molar-refractivity contribution in [1.29, 1.82) is 0 Å². The number of ether oxygens (including phenoxy) is 1. The SMILES string of the molecule is C=CCc1c(OCC(=O)NCc2ccccc2)ccc2nc3n(c(=O)c12)CCC3. The third-order valence-corrected chi connectivity index (χ3v) is 5.09. The van der Waals surface area contributed by atoms with Crippen LogP contribution in [0, 0.1) is 0 Å². The minimum Gasteiger partial charge on any atom is -0.483 e. The number of nitrogens with zero attached hydrogens (tertiary/aromatic N) is 2. The Bertz CT molecular complexity index is 1120. The molecule has 1 amide bonds. The van der Waals surface area contributed by atoms with Crippen LogP contribution in [0.3, 0.4) is 0 Å². The summed E-state index contributed by atoms with van der Waals surface area (Å²) in [6, 6.07) is 13.3. The summed E-state index contributed by atoms with van der Waals surface area (Å²) in [5, 5.41) is 3.39. The fourth-order valence-corrected chi connectivity index (χ4v) is 3.69. The molecule has 1 aliphatic heterocycles. The highest BCUT2D eigenvalue weighted by Crippen LogP contribution is 2.27. The van der Waals surface area contributed by atoms with Crippen molar-refractivity contribution in [1.82, 2.24) is 14.9 Å². The minimum atomic E-state index is -0.220. The van der Waals surface area contributed by atoms with Gasteiger partial charge in [-0.3, -0.25) is 14.2 Å². The van der Waals surface area contributed by atoms with Crippen LogP contribution in [0.5, 0.6) is 5.75 Å². The lowest BCUT2D eigenvalue weighted by Crippen LogP contribution is -2.28. The summed E-state index contributed by atoms with van der Waals surface area (Å²) < 4.78 is 7.53. The highest BCUT2D eigenvalue weighted by molar-refractivity contribution is 5.84. The van der Waals surface area contributed by atoms with E-state index in [1.54, 1.807) is 22.8 Å². The van der Waals surface area contributed by atoms with Crippen LogP contribution in [0.15, 0.2) is 59.9 Å². The van der Waals surface area contributed by atoms with E-state index in [0.717, 1.165) is 29.8 Å².